The summed E-state index contributed by atoms with van der Waals surface area (Å²) < 4.78 is 1.47. The molecule has 1 aromatic carbocycles. The average Bonchev–Trinajstić information content (AvgIpc) is 3.14. The third-order valence-corrected chi connectivity index (χ3v) is 5.56. The van der Waals surface area contributed by atoms with Crippen molar-refractivity contribution in [2.24, 2.45) is 11.8 Å². The summed E-state index contributed by atoms with van der Waals surface area (Å²) in [7, 11) is 0. The van der Waals surface area contributed by atoms with Gasteiger partial charge in [0.2, 0.25) is 11.9 Å². The van der Waals surface area contributed by atoms with E-state index in [-0.39, 0.29) is 11.9 Å². The van der Waals surface area contributed by atoms with Crippen molar-refractivity contribution in [1.82, 2.24) is 30.0 Å². The molecule has 9 nitrogen and oxygen atoms in total. The van der Waals surface area contributed by atoms with Crippen molar-refractivity contribution >= 4 is 23.5 Å². The number of aromatic nitrogens is 4. The molecule has 0 aliphatic carbocycles. The number of nitrogens with zero attached hydrogens (tertiary/aromatic N) is 5. The van der Waals surface area contributed by atoms with Crippen LogP contribution in [0.5, 0.6) is 0 Å². The van der Waals surface area contributed by atoms with E-state index in [9.17, 15) is 4.79 Å². The number of nitrogens with two attached hydrogens (primary N) is 1. The van der Waals surface area contributed by atoms with E-state index >= 15 is 0 Å². The Kier molecular flexibility index (Phi) is 6.65. The van der Waals surface area contributed by atoms with Crippen LogP contribution < -0.4 is 16.4 Å². The van der Waals surface area contributed by atoms with Crippen LogP contribution in [0.25, 0.3) is 5.82 Å². The molecule has 32 heavy (non-hydrogen) atoms. The van der Waals surface area contributed by atoms with Crippen molar-refractivity contribution in [3.05, 3.63) is 54.2 Å². The number of piperidine rings is 1. The highest BCUT2D eigenvalue weighted by atomic mass is 16.1. The molecule has 0 bridgehead atoms. The summed E-state index contributed by atoms with van der Waals surface area (Å²) in [6.45, 7) is 8.33. The predicted molar refractivity (Wildman–Crippen MR) is 125 cm³/mol. The fourth-order valence-corrected chi connectivity index (χ4v) is 4.26. The van der Waals surface area contributed by atoms with Crippen LogP contribution in [0, 0.1) is 11.8 Å². The van der Waals surface area contributed by atoms with Crippen molar-refractivity contribution in [3.8, 4) is 5.82 Å². The lowest BCUT2D eigenvalue weighted by atomic mass is 9.92. The molecule has 1 aliphatic heterocycles. The van der Waals surface area contributed by atoms with Crippen LogP contribution in [0.2, 0.25) is 0 Å². The monoisotopic (exact) mass is 434 g/mol. The molecular weight excluding hydrogens is 404 g/mol. The second-order valence-corrected chi connectivity index (χ2v) is 8.56. The third kappa shape index (κ3) is 5.42. The number of carbonyl (C=O) groups is 1. The Hall–Kier alpha value is -3.46. The molecule has 168 valence electrons. The van der Waals surface area contributed by atoms with Gasteiger partial charge in [-0.1, -0.05) is 19.9 Å². The molecule has 3 aromatic rings. The molecule has 1 fully saturated rings. The van der Waals surface area contributed by atoms with E-state index in [2.05, 4.69) is 44.4 Å². The van der Waals surface area contributed by atoms with Crippen LogP contribution in [0.15, 0.2) is 48.7 Å². The van der Waals surface area contributed by atoms with Crippen molar-refractivity contribution in [1.29, 1.82) is 0 Å². The van der Waals surface area contributed by atoms with Gasteiger partial charge in [-0.25, -0.2) is 4.98 Å². The second-order valence-electron chi connectivity index (χ2n) is 8.56. The minimum atomic E-state index is -0.0727. The van der Waals surface area contributed by atoms with Gasteiger partial charge in [0.1, 0.15) is 0 Å². The smallest absolute Gasteiger partial charge is 0.251 e. The highest BCUT2D eigenvalue weighted by Gasteiger charge is 2.21. The Bertz CT molecular complexity index is 1020. The Morgan fingerprint density at radius 2 is 1.88 bits per heavy atom. The molecule has 2 atom stereocenters. The van der Waals surface area contributed by atoms with E-state index in [4.69, 9.17) is 5.73 Å². The number of rotatable bonds is 7. The summed E-state index contributed by atoms with van der Waals surface area (Å²) in [5, 5.41) is 10.5. The van der Waals surface area contributed by atoms with E-state index < -0.39 is 0 Å². The maximum atomic E-state index is 12.5. The normalized spacial score (nSPS) is 18.9. The maximum absolute atomic E-state index is 12.5. The molecule has 0 saturated carbocycles. The molecule has 4 N–H and O–H groups in total. The maximum Gasteiger partial charge on any atom is 0.251 e. The SMILES string of the molecule is CC1CC(C)CN(CCNC(=O)c2ccc(Nc3nc(N)n(-c4ccccn4)n3)cc2)C1. The first-order chi connectivity index (χ1) is 15.5. The number of benzene rings is 1. The van der Waals surface area contributed by atoms with E-state index in [0.29, 0.717) is 23.9 Å². The first-order valence-electron chi connectivity index (χ1n) is 11.0. The standard InChI is InChI=1S/C23H30N8O/c1-16-13-17(2)15-30(14-16)12-11-26-21(32)18-6-8-19(9-7-18)27-23-28-22(24)31(29-23)20-5-3-4-10-25-20/h3-10,16-17H,11-15H2,1-2H3,(H,26,32)(H3,24,27,28,29). The van der Waals surface area contributed by atoms with Crippen molar-refractivity contribution in [3.63, 3.8) is 0 Å². The van der Waals surface area contributed by atoms with Crippen molar-refractivity contribution < 1.29 is 4.79 Å². The van der Waals surface area contributed by atoms with E-state index in [1.54, 1.807) is 24.4 Å². The molecule has 4 rings (SSSR count). The number of nitrogen functional groups attached to an aromatic ring is 1. The molecule has 3 heterocycles. The lowest BCUT2D eigenvalue weighted by Crippen LogP contribution is -2.42. The number of hydrogen-bond acceptors (Lipinski definition) is 7. The largest absolute Gasteiger partial charge is 0.368 e. The Morgan fingerprint density at radius 1 is 1.12 bits per heavy atom. The van der Waals surface area contributed by atoms with Gasteiger partial charge in [0.25, 0.3) is 5.91 Å². The Labute approximate surface area is 188 Å². The van der Waals surface area contributed by atoms with Crippen LogP contribution in [0.1, 0.15) is 30.6 Å². The van der Waals surface area contributed by atoms with E-state index in [0.717, 1.165) is 37.2 Å². The summed E-state index contributed by atoms with van der Waals surface area (Å²) in [6, 6.07) is 12.7. The van der Waals surface area contributed by atoms with Gasteiger partial charge in [-0.15, -0.1) is 5.10 Å². The van der Waals surface area contributed by atoms with Gasteiger partial charge in [-0.2, -0.15) is 9.67 Å². The predicted octanol–water partition coefficient (Wildman–Crippen LogP) is 2.70. The highest BCUT2D eigenvalue weighted by Crippen LogP contribution is 2.20. The summed E-state index contributed by atoms with van der Waals surface area (Å²) >= 11 is 0. The van der Waals surface area contributed by atoms with Gasteiger partial charge >= 0.3 is 0 Å². The topological polar surface area (TPSA) is 114 Å². The van der Waals surface area contributed by atoms with Crippen LogP contribution in [-0.4, -0.2) is 56.7 Å². The lowest BCUT2D eigenvalue weighted by molar-refractivity contribution is 0.0936. The molecule has 0 radical (unpaired) electrons. The van der Waals surface area contributed by atoms with Crippen LogP contribution in [0.3, 0.4) is 0 Å². The molecule has 1 aliphatic rings. The summed E-state index contributed by atoms with van der Waals surface area (Å²) in [5.74, 6) is 2.54. The Morgan fingerprint density at radius 3 is 2.56 bits per heavy atom. The molecular formula is C23H30N8O. The summed E-state index contributed by atoms with van der Waals surface area (Å²) in [4.78, 5) is 23.4. The fraction of sp³-hybridized carbons (Fsp3) is 0.391. The van der Waals surface area contributed by atoms with Gasteiger partial charge < -0.3 is 21.3 Å². The molecule has 1 saturated heterocycles. The lowest BCUT2D eigenvalue weighted by Gasteiger charge is -2.34. The quantitative estimate of drug-likeness (QED) is 0.524. The molecule has 1 amide bonds. The molecule has 9 heteroatoms. The zero-order valence-electron chi connectivity index (χ0n) is 18.5. The van der Waals surface area contributed by atoms with Gasteiger partial charge in [0.15, 0.2) is 5.82 Å². The fourth-order valence-electron chi connectivity index (χ4n) is 4.26. The minimum Gasteiger partial charge on any atom is -0.368 e. The molecule has 2 unspecified atom stereocenters. The number of anilines is 3. The number of pyridine rings is 1. The number of nitrogens with one attached hydrogen (secondary N) is 2. The highest BCUT2D eigenvalue weighted by molar-refractivity contribution is 5.94. The van der Waals surface area contributed by atoms with Gasteiger partial charge in [-0.3, -0.25) is 4.79 Å². The molecule has 0 spiro atoms. The van der Waals surface area contributed by atoms with Gasteiger partial charge in [0, 0.05) is 43.6 Å². The number of carbonyl (C=O) groups excluding carboxylic acids is 1. The number of amides is 1. The van der Waals surface area contributed by atoms with Gasteiger partial charge in [0.05, 0.1) is 0 Å². The van der Waals surface area contributed by atoms with Crippen LogP contribution in [-0.2, 0) is 0 Å². The minimum absolute atomic E-state index is 0.0727. The zero-order chi connectivity index (χ0) is 22.5. The van der Waals surface area contributed by atoms with Crippen molar-refractivity contribution in [2.45, 2.75) is 20.3 Å². The molecule has 2 aromatic heterocycles. The van der Waals surface area contributed by atoms with Crippen LogP contribution >= 0.6 is 0 Å². The third-order valence-electron chi connectivity index (χ3n) is 5.56. The van der Waals surface area contributed by atoms with Gasteiger partial charge in [-0.05, 0) is 54.7 Å². The number of likely N-dealkylation sites (tertiary alicyclic amines) is 1. The summed E-state index contributed by atoms with van der Waals surface area (Å²) in [6.07, 6.45) is 2.95. The average molecular weight is 435 g/mol. The first kappa shape index (κ1) is 21.8. The van der Waals surface area contributed by atoms with Crippen LogP contribution in [0.4, 0.5) is 17.6 Å². The Balaban J connectivity index is 1.30. The first-order valence-corrected chi connectivity index (χ1v) is 11.0. The van der Waals surface area contributed by atoms with E-state index in [1.807, 2.05) is 24.3 Å². The van der Waals surface area contributed by atoms with Crippen molar-refractivity contribution in [2.75, 3.05) is 37.2 Å². The zero-order valence-corrected chi connectivity index (χ0v) is 18.5. The summed E-state index contributed by atoms with van der Waals surface area (Å²) in [5.41, 5.74) is 7.33. The second kappa shape index (κ2) is 9.78. The van der Waals surface area contributed by atoms with E-state index in [1.165, 1.54) is 11.1 Å². The number of hydrogen-bond donors (Lipinski definition) is 3.